The van der Waals surface area contributed by atoms with Crippen LogP contribution in [0, 0.1) is 11.8 Å². The van der Waals surface area contributed by atoms with Gasteiger partial charge in [0.25, 0.3) is 0 Å². The zero-order valence-electron chi connectivity index (χ0n) is 8.97. The molecule has 2 N–H and O–H groups in total. The van der Waals surface area contributed by atoms with Crippen molar-refractivity contribution in [2.24, 2.45) is 17.6 Å². The Morgan fingerprint density at radius 1 is 0.917 bits per heavy atom. The predicted molar refractivity (Wildman–Crippen MR) is 56.1 cm³/mol. The number of hydrogen-bond acceptors (Lipinski definition) is 1. The molecule has 0 fully saturated rings. The summed E-state index contributed by atoms with van der Waals surface area (Å²) in [6, 6.07) is 0. The van der Waals surface area contributed by atoms with Crippen LogP contribution in [-0.4, -0.2) is 6.54 Å². The first-order valence-electron chi connectivity index (χ1n) is 5.37. The standard InChI is InChI=1S/C11H25N/c1-10(2)6-4-7-11(3)8-5-9-12/h10-11H,4-9,12H2,1-3H3. The number of nitrogens with two attached hydrogens (primary N) is 1. The lowest BCUT2D eigenvalue weighted by atomic mass is 9.96. The highest BCUT2D eigenvalue weighted by Gasteiger charge is 2.01. The Balaban J connectivity index is 3.13. The lowest BCUT2D eigenvalue weighted by molar-refractivity contribution is 0.429. The van der Waals surface area contributed by atoms with Crippen LogP contribution in [0.2, 0.25) is 0 Å². The second-order valence-electron chi connectivity index (χ2n) is 4.36. The van der Waals surface area contributed by atoms with Crippen LogP contribution in [0.3, 0.4) is 0 Å². The maximum absolute atomic E-state index is 5.45. The van der Waals surface area contributed by atoms with E-state index in [-0.39, 0.29) is 0 Å². The molecular weight excluding hydrogens is 146 g/mol. The second kappa shape index (κ2) is 7.60. The van der Waals surface area contributed by atoms with Gasteiger partial charge in [0, 0.05) is 0 Å². The van der Waals surface area contributed by atoms with Crippen LogP contribution in [0.4, 0.5) is 0 Å². The molecule has 1 heteroatoms. The Labute approximate surface area is 77.7 Å². The first-order valence-corrected chi connectivity index (χ1v) is 5.37. The van der Waals surface area contributed by atoms with Gasteiger partial charge in [-0.05, 0) is 31.2 Å². The number of rotatable bonds is 7. The Morgan fingerprint density at radius 2 is 1.50 bits per heavy atom. The molecule has 12 heavy (non-hydrogen) atoms. The van der Waals surface area contributed by atoms with Gasteiger partial charge in [-0.25, -0.2) is 0 Å². The van der Waals surface area contributed by atoms with Crippen molar-refractivity contribution in [2.75, 3.05) is 6.54 Å². The molecule has 0 heterocycles. The smallest absolute Gasteiger partial charge is 0.00772 e. The van der Waals surface area contributed by atoms with Crippen LogP contribution in [0.15, 0.2) is 0 Å². The van der Waals surface area contributed by atoms with Crippen LogP contribution in [0.25, 0.3) is 0 Å². The molecule has 0 bridgehead atoms. The highest BCUT2D eigenvalue weighted by atomic mass is 14.5. The van der Waals surface area contributed by atoms with Crippen LogP contribution >= 0.6 is 0 Å². The lowest BCUT2D eigenvalue weighted by Crippen LogP contribution is -2.03. The van der Waals surface area contributed by atoms with Crippen molar-refractivity contribution in [3.63, 3.8) is 0 Å². The van der Waals surface area contributed by atoms with E-state index in [1.807, 2.05) is 0 Å². The minimum absolute atomic E-state index is 0.856. The van der Waals surface area contributed by atoms with Crippen LogP contribution in [0.5, 0.6) is 0 Å². The average molecular weight is 171 g/mol. The van der Waals surface area contributed by atoms with Crippen molar-refractivity contribution in [2.45, 2.75) is 52.9 Å². The molecule has 0 saturated carbocycles. The highest BCUT2D eigenvalue weighted by molar-refractivity contribution is 4.55. The minimum atomic E-state index is 0.856. The fourth-order valence-corrected chi connectivity index (χ4v) is 1.49. The summed E-state index contributed by atoms with van der Waals surface area (Å²) < 4.78 is 0. The minimum Gasteiger partial charge on any atom is -0.330 e. The topological polar surface area (TPSA) is 26.0 Å². The SMILES string of the molecule is CC(C)CCCC(C)CCCN. The molecule has 0 aliphatic carbocycles. The van der Waals surface area contributed by atoms with E-state index in [9.17, 15) is 0 Å². The monoisotopic (exact) mass is 171 g/mol. The molecule has 1 unspecified atom stereocenters. The summed E-state index contributed by atoms with van der Waals surface area (Å²) in [6.07, 6.45) is 6.67. The third kappa shape index (κ3) is 8.06. The third-order valence-corrected chi connectivity index (χ3v) is 2.38. The summed E-state index contributed by atoms with van der Waals surface area (Å²) in [5.74, 6) is 1.75. The fourth-order valence-electron chi connectivity index (χ4n) is 1.49. The summed E-state index contributed by atoms with van der Waals surface area (Å²) in [7, 11) is 0. The molecule has 74 valence electrons. The largest absolute Gasteiger partial charge is 0.330 e. The summed E-state index contributed by atoms with van der Waals surface area (Å²) in [5.41, 5.74) is 5.45. The van der Waals surface area contributed by atoms with Crippen molar-refractivity contribution in [3.8, 4) is 0 Å². The number of hydrogen-bond donors (Lipinski definition) is 1. The Bertz CT molecular complexity index is 89.0. The third-order valence-electron chi connectivity index (χ3n) is 2.38. The first-order chi connectivity index (χ1) is 5.66. The summed E-state index contributed by atoms with van der Waals surface area (Å²) in [6.45, 7) is 7.79. The van der Waals surface area contributed by atoms with Gasteiger partial charge < -0.3 is 5.73 Å². The van der Waals surface area contributed by atoms with Gasteiger partial charge in [-0.1, -0.05) is 40.0 Å². The quantitative estimate of drug-likeness (QED) is 0.625. The van der Waals surface area contributed by atoms with E-state index in [1.165, 1.54) is 32.1 Å². The molecular formula is C11H25N. The van der Waals surface area contributed by atoms with Crippen LogP contribution in [0.1, 0.15) is 52.9 Å². The summed E-state index contributed by atoms with van der Waals surface area (Å²) in [5, 5.41) is 0. The summed E-state index contributed by atoms with van der Waals surface area (Å²) in [4.78, 5) is 0. The zero-order valence-corrected chi connectivity index (χ0v) is 8.97. The van der Waals surface area contributed by atoms with Gasteiger partial charge >= 0.3 is 0 Å². The molecule has 0 saturated heterocycles. The highest BCUT2D eigenvalue weighted by Crippen LogP contribution is 2.15. The van der Waals surface area contributed by atoms with Gasteiger partial charge in [0.05, 0.1) is 0 Å². The second-order valence-corrected chi connectivity index (χ2v) is 4.36. The molecule has 0 aromatic rings. The molecule has 0 amide bonds. The predicted octanol–water partition coefficient (Wildman–Crippen LogP) is 3.19. The van der Waals surface area contributed by atoms with Crippen LogP contribution < -0.4 is 5.73 Å². The molecule has 0 aromatic heterocycles. The molecule has 1 nitrogen and oxygen atoms in total. The lowest BCUT2D eigenvalue weighted by Gasteiger charge is -2.11. The van der Waals surface area contributed by atoms with E-state index < -0.39 is 0 Å². The fraction of sp³-hybridized carbons (Fsp3) is 1.00. The van der Waals surface area contributed by atoms with Gasteiger partial charge in [-0.3, -0.25) is 0 Å². The van der Waals surface area contributed by atoms with E-state index in [4.69, 9.17) is 5.73 Å². The van der Waals surface area contributed by atoms with Gasteiger partial charge in [-0.15, -0.1) is 0 Å². The van der Waals surface area contributed by atoms with Gasteiger partial charge in [0.1, 0.15) is 0 Å². The molecule has 0 aliphatic rings. The van der Waals surface area contributed by atoms with E-state index in [1.54, 1.807) is 0 Å². The molecule has 0 aromatic carbocycles. The normalized spacial score (nSPS) is 13.8. The first kappa shape index (κ1) is 12.0. The molecule has 0 radical (unpaired) electrons. The Kier molecular flexibility index (Phi) is 7.58. The van der Waals surface area contributed by atoms with Crippen molar-refractivity contribution in [3.05, 3.63) is 0 Å². The Morgan fingerprint density at radius 3 is 2.00 bits per heavy atom. The molecule has 0 aliphatic heterocycles. The van der Waals surface area contributed by atoms with Crippen molar-refractivity contribution in [1.82, 2.24) is 0 Å². The average Bonchev–Trinajstić information content (AvgIpc) is 2.00. The van der Waals surface area contributed by atoms with Crippen molar-refractivity contribution >= 4 is 0 Å². The van der Waals surface area contributed by atoms with Crippen molar-refractivity contribution < 1.29 is 0 Å². The maximum Gasteiger partial charge on any atom is -0.00772 e. The summed E-state index contributed by atoms with van der Waals surface area (Å²) >= 11 is 0. The maximum atomic E-state index is 5.45. The molecule has 1 atom stereocenters. The molecule has 0 spiro atoms. The van der Waals surface area contributed by atoms with E-state index in [2.05, 4.69) is 20.8 Å². The molecule has 0 rings (SSSR count). The Hall–Kier alpha value is -0.0400. The van der Waals surface area contributed by atoms with E-state index in [0.29, 0.717) is 0 Å². The van der Waals surface area contributed by atoms with Gasteiger partial charge in [0.15, 0.2) is 0 Å². The van der Waals surface area contributed by atoms with E-state index in [0.717, 1.165) is 18.4 Å². The van der Waals surface area contributed by atoms with E-state index >= 15 is 0 Å². The van der Waals surface area contributed by atoms with Gasteiger partial charge in [0.2, 0.25) is 0 Å². The van der Waals surface area contributed by atoms with Crippen LogP contribution in [-0.2, 0) is 0 Å². The van der Waals surface area contributed by atoms with Gasteiger partial charge in [-0.2, -0.15) is 0 Å². The zero-order chi connectivity index (χ0) is 9.40. The van der Waals surface area contributed by atoms with Crippen molar-refractivity contribution in [1.29, 1.82) is 0 Å².